The minimum absolute atomic E-state index is 0.0781. The lowest BCUT2D eigenvalue weighted by Gasteiger charge is -2.20. The molecule has 0 aromatic heterocycles. The van der Waals surface area contributed by atoms with E-state index in [0.717, 1.165) is 50.8 Å². The number of nitrogens with zero attached hydrogens (tertiary/aromatic N) is 2. The van der Waals surface area contributed by atoms with Crippen LogP contribution < -0.4 is 10.0 Å². The Balaban J connectivity index is 2.03. The Morgan fingerprint density at radius 1 is 1.46 bits per heavy atom. The van der Waals surface area contributed by atoms with Gasteiger partial charge in [-0.3, -0.25) is 9.79 Å². The normalized spacial score (nSPS) is 20.2. The van der Waals surface area contributed by atoms with E-state index in [-0.39, 0.29) is 11.9 Å². The van der Waals surface area contributed by atoms with Gasteiger partial charge in [0.15, 0.2) is 0 Å². The molecule has 0 spiro atoms. The maximum absolute atomic E-state index is 12.8. The summed E-state index contributed by atoms with van der Waals surface area (Å²) < 4.78 is 5.57. The minimum Gasteiger partial charge on any atom is -0.496 e. The van der Waals surface area contributed by atoms with Gasteiger partial charge in [-0.2, -0.15) is 0 Å². The average Bonchev–Trinajstić information content (AvgIpc) is 2.95. The summed E-state index contributed by atoms with van der Waals surface area (Å²) in [7, 11) is 2.82. The third kappa shape index (κ3) is 3.39. The first-order chi connectivity index (χ1) is 11.5. The number of fused-ring (bicyclic) bond motifs is 2. The molecule has 5 heteroatoms. The molecule has 2 heterocycles. The summed E-state index contributed by atoms with van der Waals surface area (Å²) in [5, 5.41) is 2.48. The second kappa shape index (κ2) is 7.06. The molecule has 2 aliphatic heterocycles. The molecular weight excluding hydrogens is 319 g/mol. The van der Waals surface area contributed by atoms with Gasteiger partial charge < -0.3 is 9.64 Å². The summed E-state index contributed by atoms with van der Waals surface area (Å²) in [6.45, 7) is 7.45. The zero-order chi connectivity index (χ0) is 17.3. The second-order valence-electron chi connectivity index (χ2n) is 6.97. The fourth-order valence-corrected chi connectivity index (χ4v) is 4.77. The number of amides is 1. The molecule has 1 amide bonds. The predicted octanol–water partition coefficient (Wildman–Crippen LogP) is 3.83. The van der Waals surface area contributed by atoms with Crippen LogP contribution in [-0.2, 0) is 0 Å². The van der Waals surface area contributed by atoms with Gasteiger partial charge in [-0.05, 0) is 49.5 Å². The van der Waals surface area contributed by atoms with Crippen molar-refractivity contribution in [1.29, 1.82) is 0 Å². The highest BCUT2D eigenvalue weighted by Gasteiger charge is 2.32. The zero-order valence-corrected chi connectivity index (χ0v) is 15.8. The van der Waals surface area contributed by atoms with Gasteiger partial charge in [0.05, 0.1) is 24.4 Å². The fraction of sp³-hybridized carbons (Fsp3) is 0.526. The largest absolute Gasteiger partial charge is 0.496 e. The van der Waals surface area contributed by atoms with E-state index in [1.54, 1.807) is 7.11 Å². The van der Waals surface area contributed by atoms with Crippen LogP contribution >= 0.6 is 8.20 Å². The van der Waals surface area contributed by atoms with Crippen molar-refractivity contribution in [1.82, 2.24) is 4.90 Å². The molecule has 0 bridgehead atoms. The van der Waals surface area contributed by atoms with Crippen LogP contribution in [-0.4, -0.2) is 42.0 Å². The van der Waals surface area contributed by atoms with Gasteiger partial charge in [0, 0.05) is 18.1 Å². The third-order valence-electron chi connectivity index (χ3n) is 4.49. The SMILES string of the molecule is COc1cc2c(cc1/P=C(\C)CC(C)C)N=C[C@@H]1CCCN1C2=O. The standard InChI is InChI=1S/C19H25N2O2P/c1-12(2)8-13(3)24-18-10-16-15(9-17(18)23-4)19(22)21-7-5-6-14(21)11-20-16/h9-12,14H,5-8H2,1-4H3/t14-/m0/s1. The summed E-state index contributed by atoms with van der Waals surface area (Å²) in [6, 6.07) is 4.04. The van der Waals surface area contributed by atoms with Crippen LogP contribution in [0.2, 0.25) is 0 Å². The number of hydrogen-bond acceptors (Lipinski definition) is 3. The smallest absolute Gasteiger partial charge is 0.256 e. The quantitative estimate of drug-likeness (QED) is 0.779. The molecule has 24 heavy (non-hydrogen) atoms. The first kappa shape index (κ1) is 17.2. The van der Waals surface area contributed by atoms with Gasteiger partial charge in [-0.25, -0.2) is 0 Å². The van der Waals surface area contributed by atoms with E-state index in [2.05, 4.69) is 25.8 Å². The molecular formula is C19H25N2O2P. The lowest BCUT2D eigenvalue weighted by Crippen LogP contribution is -2.35. The molecule has 128 valence electrons. The molecule has 0 radical (unpaired) electrons. The van der Waals surface area contributed by atoms with Gasteiger partial charge in [0.25, 0.3) is 5.91 Å². The highest BCUT2D eigenvalue weighted by Crippen LogP contribution is 2.32. The Morgan fingerprint density at radius 3 is 2.96 bits per heavy atom. The van der Waals surface area contributed by atoms with Crippen LogP contribution in [0.3, 0.4) is 0 Å². The third-order valence-corrected chi connectivity index (χ3v) is 5.64. The molecule has 1 atom stereocenters. The number of carbonyl (C=O) groups excluding carboxylic acids is 1. The number of benzene rings is 1. The maximum atomic E-state index is 12.8. The maximum Gasteiger partial charge on any atom is 0.256 e. The molecule has 0 N–H and O–H groups in total. The van der Waals surface area contributed by atoms with Gasteiger partial charge in [0.1, 0.15) is 5.75 Å². The van der Waals surface area contributed by atoms with Crippen molar-refractivity contribution >= 4 is 36.6 Å². The van der Waals surface area contributed by atoms with Crippen LogP contribution in [0, 0.1) is 5.92 Å². The summed E-state index contributed by atoms with van der Waals surface area (Å²) in [4.78, 5) is 19.4. The molecule has 1 saturated heterocycles. The minimum atomic E-state index is 0.0781. The number of hydrogen-bond donors (Lipinski definition) is 0. The van der Waals surface area contributed by atoms with E-state index in [9.17, 15) is 4.79 Å². The Morgan fingerprint density at radius 2 is 2.25 bits per heavy atom. The lowest BCUT2D eigenvalue weighted by atomic mass is 10.1. The molecule has 2 aliphatic rings. The molecule has 0 aliphatic carbocycles. The topological polar surface area (TPSA) is 41.9 Å². The van der Waals surface area contributed by atoms with Crippen LogP contribution in [0.4, 0.5) is 5.69 Å². The number of methoxy groups -OCH3 is 1. The molecule has 3 rings (SSSR count). The summed E-state index contributed by atoms with van der Waals surface area (Å²) in [5.74, 6) is 1.49. The predicted molar refractivity (Wildman–Crippen MR) is 102 cm³/mol. The average molecular weight is 344 g/mol. The Bertz CT molecular complexity index is 710. The molecule has 1 fully saturated rings. The first-order valence-electron chi connectivity index (χ1n) is 8.61. The summed E-state index contributed by atoms with van der Waals surface area (Å²) in [5.41, 5.74) is 1.43. The van der Waals surface area contributed by atoms with Crippen LogP contribution in [0.1, 0.15) is 50.4 Å². The van der Waals surface area contributed by atoms with Gasteiger partial charge in [-0.1, -0.05) is 22.1 Å². The van der Waals surface area contributed by atoms with Crippen molar-refractivity contribution in [2.24, 2.45) is 10.9 Å². The van der Waals surface area contributed by atoms with E-state index in [1.807, 2.05) is 23.2 Å². The van der Waals surface area contributed by atoms with Gasteiger partial charge in [0.2, 0.25) is 0 Å². The molecule has 0 saturated carbocycles. The molecule has 4 nitrogen and oxygen atoms in total. The van der Waals surface area contributed by atoms with Crippen LogP contribution in [0.5, 0.6) is 5.75 Å². The highest BCUT2D eigenvalue weighted by atomic mass is 31.1. The zero-order valence-electron chi connectivity index (χ0n) is 14.9. The Kier molecular flexibility index (Phi) is 5.05. The van der Waals surface area contributed by atoms with Crippen molar-refractivity contribution in [2.45, 2.75) is 46.1 Å². The van der Waals surface area contributed by atoms with Crippen molar-refractivity contribution in [3.63, 3.8) is 0 Å². The monoisotopic (exact) mass is 344 g/mol. The van der Waals surface area contributed by atoms with Crippen molar-refractivity contribution < 1.29 is 9.53 Å². The number of rotatable bonds is 4. The second-order valence-corrected chi connectivity index (χ2v) is 8.44. The Hall–Kier alpha value is -1.67. The summed E-state index contributed by atoms with van der Waals surface area (Å²) in [6.07, 6.45) is 5.08. The van der Waals surface area contributed by atoms with Crippen molar-refractivity contribution in [2.75, 3.05) is 13.7 Å². The fourth-order valence-electron chi connectivity index (χ4n) is 3.45. The Labute approximate surface area is 145 Å². The van der Waals surface area contributed by atoms with Crippen molar-refractivity contribution in [3.05, 3.63) is 17.7 Å². The van der Waals surface area contributed by atoms with E-state index in [0.29, 0.717) is 11.5 Å². The molecule has 0 unspecified atom stereocenters. The first-order valence-corrected chi connectivity index (χ1v) is 9.50. The number of ether oxygens (including phenoxy) is 1. The highest BCUT2D eigenvalue weighted by molar-refractivity contribution is 7.49. The lowest BCUT2D eigenvalue weighted by molar-refractivity contribution is 0.0774. The van der Waals surface area contributed by atoms with E-state index in [4.69, 9.17) is 4.74 Å². The van der Waals surface area contributed by atoms with E-state index >= 15 is 0 Å². The van der Waals surface area contributed by atoms with E-state index in [1.165, 1.54) is 5.29 Å². The number of aliphatic imine (C=N–C) groups is 1. The van der Waals surface area contributed by atoms with E-state index < -0.39 is 0 Å². The number of carbonyl (C=O) groups is 1. The molecule has 1 aromatic carbocycles. The molecule has 1 aromatic rings. The van der Waals surface area contributed by atoms with Crippen LogP contribution in [0.15, 0.2) is 17.1 Å². The summed E-state index contributed by atoms with van der Waals surface area (Å²) >= 11 is 0. The van der Waals surface area contributed by atoms with Gasteiger partial charge >= 0.3 is 0 Å². The van der Waals surface area contributed by atoms with Crippen LogP contribution in [0.25, 0.3) is 0 Å². The van der Waals surface area contributed by atoms with Gasteiger partial charge in [-0.15, -0.1) is 0 Å². The van der Waals surface area contributed by atoms with Crippen molar-refractivity contribution in [3.8, 4) is 5.75 Å².